The zero-order valence-electron chi connectivity index (χ0n) is 9.31. The zero-order valence-corrected chi connectivity index (χ0v) is 9.31. The summed E-state index contributed by atoms with van der Waals surface area (Å²) < 4.78 is 10.7. The minimum absolute atomic E-state index is 0.306. The minimum atomic E-state index is -0.343. The summed E-state index contributed by atoms with van der Waals surface area (Å²) in [7, 11) is 0. The molecule has 2 heterocycles. The van der Waals surface area contributed by atoms with Crippen molar-refractivity contribution in [1.29, 1.82) is 0 Å². The molecule has 16 heavy (non-hydrogen) atoms. The summed E-state index contributed by atoms with van der Waals surface area (Å²) in [6.45, 7) is 3.03. The standard InChI is InChI=1S/C12H15NO3/c1-12(5-3-7-16-12)9-15-11(14)10-4-2-6-13-8-10/h2,4,6,8H,3,5,7,9H2,1H3/t12-/m1/s1. The van der Waals surface area contributed by atoms with Gasteiger partial charge in [0, 0.05) is 19.0 Å². The van der Waals surface area contributed by atoms with Crippen molar-refractivity contribution in [2.24, 2.45) is 0 Å². The summed E-state index contributed by atoms with van der Waals surface area (Å²) in [6, 6.07) is 3.40. The Balaban J connectivity index is 1.89. The third-order valence-electron chi connectivity index (χ3n) is 2.71. The molecule has 0 aromatic carbocycles. The molecule has 0 radical (unpaired) electrons. The molecule has 86 valence electrons. The van der Waals surface area contributed by atoms with Gasteiger partial charge in [0.1, 0.15) is 6.61 Å². The second-order valence-corrected chi connectivity index (χ2v) is 4.22. The quantitative estimate of drug-likeness (QED) is 0.730. The molecule has 4 nitrogen and oxygen atoms in total. The van der Waals surface area contributed by atoms with Crippen LogP contribution in [0.1, 0.15) is 30.1 Å². The number of carbonyl (C=O) groups is 1. The highest BCUT2D eigenvalue weighted by molar-refractivity contribution is 5.88. The molecule has 1 saturated heterocycles. The normalized spacial score (nSPS) is 24.3. The first-order valence-electron chi connectivity index (χ1n) is 5.41. The number of hydrogen-bond donors (Lipinski definition) is 0. The van der Waals surface area contributed by atoms with Gasteiger partial charge >= 0.3 is 5.97 Å². The van der Waals surface area contributed by atoms with Crippen LogP contribution in [0.4, 0.5) is 0 Å². The number of nitrogens with zero attached hydrogens (tertiary/aromatic N) is 1. The van der Waals surface area contributed by atoms with E-state index in [4.69, 9.17) is 9.47 Å². The van der Waals surface area contributed by atoms with Crippen LogP contribution in [0, 0.1) is 0 Å². The molecule has 0 aliphatic carbocycles. The van der Waals surface area contributed by atoms with Crippen LogP contribution in [0.15, 0.2) is 24.5 Å². The van der Waals surface area contributed by atoms with Crippen LogP contribution in [0.25, 0.3) is 0 Å². The lowest BCUT2D eigenvalue weighted by Gasteiger charge is -2.22. The number of rotatable bonds is 3. The van der Waals surface area contributed by atoms with Crippen molar-refractivity contribution in [3.05, 3.63) is 30.1 Å². The minimum Gasteiger partial charge on any atom is -0.459 e. The van der Waals surface area contributed by atoms with E-state index in [1.54, 1.807) is 18.3 Å². The Labute approximate surface area is 94.6 Å². The summed E-state index contributed by atoms with van der Waals surface area (Å²) in [5.41, 5.74) is 0.168. The van der Waals surface area contributed by atoms with E-state index in [0.29, 0.717) is 12.2 Å². The van der Waals surface area contributed by atoms with Crippen molar-refractivity contribution >= 4 is 5.97 Å². The highest BCUT2D eigenvalue weighted by Gasteiger charge is 2.31. The molecule has 0 N–H and O–H groups in total. The first-order valence-corrected chi connectivity index (χ1v) is 5.41. The summed E-state index contributed by atoms with van der Waals surface area (Å²) in [6.07, 6.45) is 5.09. The van der Waals surface area contributed by atoms with Gasteiger partial charge in [-0.2, -0.15) is 0 Å². The van der Waals surface area contributed by atoms with Gasteiger partial charge in [-0.05, 0) is 31.9 Å². The van der Waals surface area contributed by atoms with Gasteiger partial charge in [-0.15, -0.1) is 0 Å². The molecule has 0 bridgehead atoms. The van der Waals surface area contributed by atoms with Crippen LogP contribution in [0.2, 0.25) is 0 Å². The van der Waals surface area contributed by atoms with Gasteiger partial charge in [0.2, 0.25) is 0 Å². The van der Waals surface area contributed by atoms with Gasteiger partial charge in [-0.25, -0.2) is 4.79 Å². The summed E-state index contributed by atoms with van der Waals surface area (Å²) in [5.74, 6) is -0.343. The maximum atomic E-state index is 11.6. The predicted octanol–water partition coefficient (Wildman–Crippen LogP) is 1.81. The molecule has 2 rings (SSSR count). The molecular formula is C12H15NO3. The molecule has 4 heteroatoms. The zero-order chi connectivity index (χ0) is 11.4. The molecule has 0 amide bonds. The van der Waals surface area contributed by atoms with Crippen molar-refractivity contribution in [2.45, 2.75) is 25.4 Å². The number of aromatic nitrogens is 1. The van der Waals surface area contributed by atoms with E-state index in [9.17, 15) is 4.79 Å². The van der Waals surface area contributed by atoms with Crippen molar-refractivity contribution in [3.63, 3.8) is 0 Å². The Morgan fingerprint density at radius 1 is 1.69 bits per heavy atom. The van der Waals surface area contributed by atoms with Crippen LogP contribution in [-0.4, -0.2) is 29.8 Å². The molecule has 1 aromatic rings. The monoisotopic (exact) mass is 221 g/mol. The second kappa shape index (κ2) is 4.61. The first kappa shape index (κ1) is 11.1. The fourth-order valence-electron chi connectivity index (χ4n) is 1.74. The molecule has 1 aromatic heterocycles. The predicted molar refractivity (Wildman–Crippen MR) is 58.1 cm³/mol. The smallest absolute Gasteiger partial charge is 0.339 e. The van der Waals surface area contributed by atoms with Crippen LogP contribution in [0.5, 0.6) is 0 Å². The van der Waals surface area contributed by atoms with E-state index >= 15 is 0 Å². The summed E-state index contributed by atoms with van der Waals surface area (Å²) in [4.78, 5) is 15.5. The Bertz CT molecular complexity index is 358. The highest BCUT2D eigenvalue weighted by Crippen LogP contribution is 2.25. The number of esters is 1. The van der Waals surface area contributed by atoms with Crippen molar-refractivity contribution in [2.75, 3.05) is 13.2 Å². The number of hydrogen-bond acceptors (Lipinski definition) is 4. The molecule has 1 aliphatic rings. The summed E-state index contributed by atoms with van der Waals surface area (Å²) >= 11 is 0. The van der Waals surface area contributed by atoms with Crippen LogP contribution in [-0.2, 0) is 9.47 Å². The Hall–Kier alpha value is -1.42. The van der Waals surface area contributed by atoms with E-state index in [1.807, 2.05) is 6.92 Å². The van der Waals surface area contributed by atoms with Gasteiger partial charge in [0.05, 0.1) is 11.2 Å². The van der Waals surface area contributed by atoms with E-state index in [1.165, 1.54) is 6.20 Å². The fourth-order valence-corrected chi connectivity index (χ4v) is 1.74. The fraction of sp³-hybridized carbons (Fsp3) is 0.500. The van der Waals surface area contributed by atoms with E-state index in [2.05, 4.69) is 4.98 Å². The third kappa shape index (κ3) is 2.58. The van der Waals surface area contributed by atoms with Gasteiger partial charge < -0.3 is 9.47 Å². The summed E-state index contributed by atoms with van der Waals surface area (Å²) in [5, 5.41) is 0. The van der Waals surface area contributed by atoms with Crippen molar-refractivity contribution in [3.8, 4) is 0 Å². The van der Waals surface area contributed by atoms with Gasteiger partial charge in [0.15, 0.2) is 0 Å². The molecule has 1 fully saturated rings. The maximum Gasteiger partial charge on any atom is 0.339 e. The number of carbonyl (C=O) groups excluding carboxylic acids is 1. The van der Waals surface area contributed by atoms with Crippen LogP contribution >= 0.6 is 0 Å². The van der Waals surface area contributed by atoms with Crippen molar-refractivity contribution < 1.29 is 14.3 Å². The topological polar surface area (TPSA) is 48.4 Å². The number of ether oxygens (including phenoxy) is 2. The van der Waals surface area contributed by atoms with Gasteiger partial charge in [0.25, 0.3) is 0 Å². The molecule has 0 saturated carbocycles. The van der Waals surface area contributed by atoms with Crippen LogP contribution in [0.3, 0.4) is 0 Å². The van der Waals surface area contributed by atoms with Crippen LogP contribution < -0.4 is 0 Å². The second-order valence-electron chi connectivity index (χ2n) is 4.22. The Morgan fingerprint density at radius 2 is 2.56 bits per heavy atom. The Kier molecular flexibility index (Phi) is 3.19. The lowest BCUT2D eigenvalue weighted by Crippen LogP contribution is -2.31. The van der Waals surface area contributed by atoms with E-state index in [-0.39, 0.29) is 11.6 Å². The first-order chi connectivity index (χ1) is 7.70. The van der Waals surface area contributed by atoms with Crippen molar-refractivity contribution in [1.82, 2.24) is 4.98 Å². The number of pyridine rings is 1. The molecule has 0 spiro atoms. The lowest BCUT2D eigenvalue weighted by molar-refractivity contribution is -0.0378. The average molecular weight is 221 g/mol. The third-order valence-corrected chi connectivity index (χ3v) is 2.71. The molecule has 1 aliphatic heterocycles. The van der Waals surface area contributed by atoms with Gasteiger partial charge in [-0.1, -0.05) is 0 Å². The molecule has 0 unspecified atom stereocenters. The van der Waals surface area contributed by atoms with Gasteiger partial charge in [-0.3, -0.25) is 4.98 Å². The lowest BCUT2D eigenvalue weighted by atomic mass is 10.0. The molecular weight excluding hydrogens is 206 g/mol. The van der Waals surface area contributed by atoms with E-state index < -0.39 is 0 Å². The van der Waals surface area contributed by atoms with E-state index in [0.717, 1.165) is 19.4 Å². The Morgan fingerprint density at radius 3 is 3.19 bits per heavy atom. The molecule has 1 atom stereocenters. The average Bonchev–Trinajstić information content (AvgIpc) is 2.75. The SMILES string of the molecule is C[C@]1(COC(=O)c2cccnc2)CCCO1. The highest BCUT2D eigenvalue weighted by atomic mass is 16.6. The maximum absolute atomic E-state index is 11.6. The largest absolute Gasteiger partial charge is 0.459 e.